The minimum atomic E-state index is -4.44. The first-order chi connectivity index (χ1) is 15.8. The molecule has 2 aliphatic heterocycles. The molecule has 4 fully saturated rings. The molecule has 0 spiro atoms. The highest BCUT2D eigenvalue weighted by Crippen LogP contribution is 2.47. The molecule has 4 aliphatic rings. The molecule has 4 atom stereocenters. The number of carbonyl (C=O) groups excluding carboxylic acids is 1. The number of primary amides is 1. The molecule has 2 saturated carbocycles. The van der Waals surface area contributed by atoms with Crippen molar-refractivity contribution in [1.29, 1.82) is 0 Å². The largest absolute Gasteiger partial charge is 0.416 e. The van der Waals surface area contributed by atoms with Gasteiger partial charge in [0.25, 0.3) is 0 Å². The van der Waals surface area contributed by atoms with Crippen LogP contribution in [-0.2, 0) is 6.18 Å². The average molecular weight is 464 g/mol. The summed E-state index contributed by atoms with van der Waals surface area (Å²) in [5.41, 5.74) is 6.87. The summed E-state index contributed by atoms with van der Waals surface area (Å²) in [6.45, 7) is 3.99. The maximum Gasteiger partial charge on any atom is 0.416 e. The molecule has 1 amide bonds. The van der Waals surface area contributed by atoms with E-state index in [-0.39, 0.29) is 23.9 Å². The second-order valence-electron chi connectivity index (χ2n) is 10.6. The number of amides is 1. The third-order valence-corrected chi connectivity index (χ3v) is 8.75. The lowest BCUT2D eigenvalue weighted by molar-refractivity contribution is -0.137. The summed E-state index contributed by atoms with van der Waals surface area (Å²) in [6.07, 6.45) is 5.68. The molecular weight excluding hydrogens is 427 g/mol. The molecule has 0 aromatic heterocycles. The number of likely N-dealkylation sites (tertiary alicyclic amines) is 2. The molecule has 7 heteroatoms. The fourth-order valence-electron chi connectivity index (χ4n) is 7.35. The lowest BCUT2D eigenvalue weighted by atomic mass is 9.80. The zero-order valence-corrected chi connectivity index (χ0v) is 19.4. The predicted octanol–water partition coefficient (Wildman–Crippen LogP) is 5.27. The second kappa shape index (κ2) is 9.21. The molecule has 1 aromatic rings. The Morgan fingerprint density at radius 3 is 1.55 bits per heavy atom. The van der Waals surface area contributed by atoms with Crippen LogP contribution in [0.4, 0.5) is 13.2 Å². The minimum Gasteiger partial charge on any atom is -0.366 e. The van der Waals surface area contributed by atoms with Gasteiger partial charge < -0.3 is 5.73 Å². The van der Waals surface area contributed by atoms with Gasteiger partial charge in [-0.15, -0.1) is 0 Å². The Morgan fingerprint density at radius 2 is 1.18 bits per heavy atom. The Labute approximate surface area is 194 Å². The van der Waals surface area contributed by atoms with Crippen molar-refractivity contribution in [3.63, 3.8) is 0 Å². The monoisotopic (exact) mass is 463 g/mol. The molecule has 4 nitrogen and oxygen atoms in total. The first-order valence-electron chi connectivity index (χ1n) is 12.9. The topological polar surface area (TPSA) is 49.6 Å². The van der Waals surface area contributed by atoms with Gasteiger partial charge in [0.15, 0.2) is 0 Å². The third-order valence-electron chi connectivity index (χ3n) is 8.75. The van der Waals surface area contributed by atoms with Crippen molar-refractivity contribution in [3.8, 4) is 0 Å². The molecule has 5 rings (SSSR count). The van der Waals surface area contributed by atoms with Gasteiger partial charge in [-0.25, -0.2) is 0 Å². The van der Waals surface area contributed by atoms with Gasteiger partial charge in [0.05, 0.1) is 5.56 Å². The van der Waals surface area contributed by atoms with Crippen molar-refractivity contribution < 1.29 is 18.0 Å². The summed E-state index contributed by atoms with van der Waals surface area (Å²) >= 11 is 0. The van der Waals surface area contributed by atoms with Crippen LogP contribution >= 0.6 is 0 Å². The maximum absolute atomic E-state index is 14.1. The Morgan fingerprint density at radius 1 is 0.758 bits per heavy atom. The van der Waals surface area contributed by atoms with E-state index >= 15 is 0 Å². The van der Waals surface area contributed by atoms with Crippen LogP contribution in [0.3, 0.4) is 0 Å². The third kappa shape index (κ3) is 4.43. The summed E-state index contributed by atoms with van der Waals surface area (Å²) in [6, 6.07) is 2.95. The van der Waals surface area contributed by atoms with Crippen LogP contribution in [0.1, 0.15) is 103 Å². The number of hydrogen-bond donors (Lipinski definition) is 1. The number of rotatable bonds is 5. The van der Waals surface area contributed by atoms with Gasteiger partial charge in [0, 0.05) is 29.5 Å². The summed E-state index contributed by atoms with van der Waals surface area (Å²) in [5.74, 6) is -0.676. The van der Waals surface area contributed by atoms with Gasteiger partial charge in [-0.05, 0) is 101 Å². The van der Waals surface area contributed by atoms with Crippen LogP contribution in [0.25, 0.3) is 0 Å². The van der Waals surface area contributed by atoms with E-state index in [2.05, 4.69) is 9.80 Å². The number of halogens is 3. The number of hydrogen-bond acceptors (Lipinski definition) is 3. The van der Waals surface area contributed by atoms with Crippen LogP contribution in [0.2, 0.25) is 0 Å². The van der Waals surface area contributed by atoms with Gasteiger partial charge >= 0.3 is 6.18 Å². The summed E-state index contributed by atoms with van der Waals surface area (Å²) in [4.78, 5) is 17.8. The van der Waals surface area contributed by atoms with Gasteiger partial charge in [-0.1, -0.05) is 12.8 Å². The van der Waals surface area contributed by atoms with Gasteiger partial charge in [0.2, 0.25) is 5.91 Å². The molecule has 33 heavy (non-hydrogen) atoms. The highest BCUT2D eigenvalue weighted by molar-refractivity contribution is 5.96. The Hall–Kier alpha value is -1.60. The van der Waals surface area contributed by atoms with E-state index in [1.54, 1.807) is 0 Å². The van der Waals surface area contributed by atoms with Crippen molar-refractivity contribution in [2.75, 3.05) is 26.2 Å². The van der Waals surface area contributed by atoms with Gasteiger partial charge in [0.1, 0.15) is 0 Å². The molecule has 2 heterocycles. The molecule has 1 aromatic carbocycles. The predicted molar refractivity (Wildman–Crippen MR) is 122 cm³/mol. The van der Waals surface area contributed by atoms with E-state index in [0.29, 0.717) is 16.7 Å². The standard InChI is InChI=1S/C26H36F3N3O/c27-26(28,29)17-15-20(18-7-5-9-22(18)31-11-1-2-12-31)24(25(30)33)21(16-17)19-8-6-10-23(19)32-13-3-4-14-32/h15-16,18-19,22-23H,1-14H2,(H2,30,33)/t18-,19?,22-,23?/m0/s1. The normalized spacial score (nSPS) is 31.6. The van der Waals surface area contributed by atoms with Crippen molar-refractivity contribution in [3.05, 3.63) is 34.4 Å². The zero-order chi connectivity index (χ0) is 23.2. The molecule has 2 aliphatic carbocycles. The SMILES string of the molecule is NC(=O)c1c(C2CCCC2N2CCCC2)cc(C(F)(F)F)cc1[C@@H]1CCC[C@@H]1N1CCCC1. The number of nitrogens with two attached hydrogens (primary N) is 1. The molecule has 0 radical (unpaired) electrons. The van der Waals surface area contributed by atoms with Gasteiger partial charge in [-0.2, -0.15) is 13.2 Å². The van der Waals surface area contributed by atoms with Crippen LogP contribution in [0.15, 0.2) is 12.1 Å². The summed E-state index contributed by atoms with van der Waals surface area (Å²) in [7, 11) is 0. The van der Waals surface area contributed by atoms with E-state index in [9.17, 15) is 18.0 Å². The number of nitrogens with zero attached hydrogens (tertiary/aromatic N) is 2. The van der Waals surface area contributed by atoms with Crippen molar-refractivity contribution in [2.24, 2.45) is 5.73 Å². The molecule has 2 saturated heterocycles. The van der Waals surface area contributed by atoms with Crippen LogP contribution in [-0.4, -0.2) is 54.0 Å². The quantitative estimate of drug-likeness (QED) is 0.647. The number of alkyl halides is 3. The van der Waals surface area contributed by atoms with Crippen LogP contribution in [0.5, 0.6) is 0 Å². The van der Waals surface area contributed by atoms with E-state index < -0.39 is 17.6 Å². The maximum atomic E-state index is 14.1. The molecular formula is C26H36F3N3O. The molecule has 2 N–H and O–H groups in total. The number of carbonyl (C=O) groups is 1. The second-order valence-corrected chi connectivity index (χ2v) is 10.6. The van der Waals surface area contributed by atoms with E-state index in [1.807, 2.05) is 0 Å². The minimum absolute atomic E-state index is 0.0571. The lowest BCUT2D eigenvalue weighted by Gasteiger charge is -2.34. The molecule has 2 unspecified atom stereocenters. The first-order valence-corrected chi connectivity index (χ1v) is 12.9. The highest BCUT2D eigenvalue weighted by atomic mass is 19.4. The van der Waals surface area contributed by atoms with Crippen LogP contribution < -0.4 is 5.73 Å². The Kier molecular flexibility index (Phi) is 6.47. The Bertz CT molecular complexity index is 819. The van der Waals surface area contributed by atoms with E-state index in [0.717, 1.165) is 90.4 Å². The zero-order valence-electron chi connectivity index (χ0n) is 19.4. The highest BCUT2D eigenvalue weighted by Gasteiger charge is 2.42. The summed E-state index contributed by atoms with van der Waals surface area (Å²) in [5, 5.41) is 0. The molecule has 0 bridgehead atoms. The first kappa shape index (κ1) is 23.2. The lowest BCUT2D eigenvalue weighted by Crippen LogP contribution is -2.37. The van der Waals surface area contributed by atoms with Crippen LogP contribution in [0, 0.1) is 0 Å². The average Bonchev–Trinajstić information content (AvgIpc) is 3.57. The fourth-order valence-corrected chi connectivity index (χ4v) is 7.35. The van der Waals surface area contributed by atoms with Gasteiger partial charge in [-0.3, -0.25) is 14.6 Å². The Balaban J connectivity index is 1.61. The smallest absolute Gasteiger partial charge is 0.366 e. The van der Waals surface area contributed by atoms with Crippen molar-refractivity contribution in [1.82, 2.24) is 9.80 Å². The van der Waals surface area contributed by atoms with E-state index in [4.69, 9.17) is 5.73 Å². The van der Waals surface area contributed by atoms with Crippen molar-refractivity contribution in [2.45, 2.75) is 94.3 Å². The van der Waals surface area contributed by atoms with Crippen molar-refractivity contribution >= 4 is 5.91 Å². The summed E-state index contributed by atoms with van der Waals surface area (Å²) < 4.78 is 42.3. The fraction of sp³-hybridized carbons (Fsp3) is 0.731. The van der Waals surface area contributed by atoms with E-state index in [1.165, 1.54) is 12.1 Å². The number of benzene rings is 1. The molecule has 182 valence electrons.